The molecular weight excluding hydrogens is 436 g/mol. The Kier molecular flexibility index (Phi) is 7.32. The first-order valence-electron chi connectivity index (χ1n) is 12.0. The lowest BCUT2D eigenvalue weighted by Gasteiger charge is -2.35. The summed E-state index contributed by atoms with van der Waals surface area (Å²) in [6.07, 6.45) is 7.39. The Morgan fingerprint density at radius 3 is 2.67 bits per heavy atom. The van der Waals surface area contributed by atoms with Crippen molar-refractivity contribution >= 4 is 23.6 Å². The second-order valence-electron chi connectivity index (χ2n) is 9.80. The lowest BCUT2D eigenvalue weighted by molar-refractivity contribution is -0.121. The Labute approximate surface area is 200 Å². The molecule has 1 saturated heterocycles. The molecule has 3 unspecified atom stereocenters. The number of amides is 1. The number of hydrogen-bond donors (Lipinski definition) is 1. The van der Waals surface area contributed by atoms with E-state index in [0.717, 1.165) is 56.9 Å². The van der Waals surface area contributed by atoms with E-state index in [0.29, 0.717) is 23.5 Å². The molecule has 2 aliphatic rings. The molecule has 1 saturated carbocycles. The van der Waals surface area contributed by atoms with Gasteiger partial charge in [-0.05, 0) is 50.2 Å². The molecular formula is C24H34N6O2S. The van der Waals surface area contributed by atoms with Crippen LogP contribution >= 0.6 is 11.8 Å². The molecule has 2 fully saturated rings. The van der Waals surface area contributed by atoms with Crippen molar-refractivity contribution in [3.8, 4) is 6.07 Å². The fourth-order valence-electron chi connectivity index (χ4n) is 5.09. The van der Waals surface area contributed by atoms with E-state index in [9.17, 15) is 10.1 Å². The molecule has 1 amide bonds. The van der Waals surface area contributed by atoms with Gasteiger partial charge < -0.3 is 14.6 Å². The number of furan rings is 1. The molecule has 3 atom stereocenters. The van der Waals surface area contributed by atoms with Crippen molar-refractivity contribution in [3.05, 3.63) is 24.2 Å². The topological polar surface area (TPSA) is 100.0 Å². The highest BCUT2D eigenvalue weighted by molar-refractivity contribution is 8.00. The van der Waals surface area contributed by atoms with Crippen LogP contribution in [0.4, 0.5) is 5.95 Å². The molecule has 0 spiro atoms. The van der Waals surface area contributed by atoms with Gasteiger partial charge in [-0.15, -0.1) is 10.2 Å². The quantitative estimate of drug-likeness (QED) is 0.605. The van der Waals surface area contributed by atoms with Gasteiger partial charge in [0.2, 0.25) is 11.9 Å². The number of nitrogens with one attached hydrogen (secondary N) is 1. The molecule has 0 bridgehead atoms. The van der Waals surface area contributed by atoms with Crippen LogP contribution in [0.2, 0.25) is 0 Å². The second-order valence-corrected chi connectivity index (χ2v) is 11.1. The fourth-order valence-corrected chi connectivity index (χ4v) is 5.94. The summed E-state index contributed by atoms with van der Waals surface area (Å²) in [5.74, 6) is 2.68. The number of piperidine rings is 1. The Bertz CT molecular complexity index is 966. The number of carbonyl (C=O) groups excluding carboxylic acids is 1. The third-order valence-electron chi connectivity index (χ3n) is 6.68. The van der Waals surface area contributed by atoms with Crippen LogP contribution in [0.5, 0.6) is 0 Å². The number of thioether (sulfide) groups is 1. The van der Waals surface area contributed by atoms with Crippen LogP contribution in [0.3, 0.4) is 0 Å². The largest absolute Gasteiger partial charge is 0.467 e. The van der Waals surface area contributed by atoms with Gasteiger partial charge in [0.1, 0.15) is 11.3 Å². The van der Waals surface area contributed by atoms with E-state index in [1.54, 1.807) is 6.26 Å². The molecule has 3 heterocycles. The van der Waals surface area contributed by atoms with Crippen molar-refractivity contribution in [1.82, 2.24) is 20.1 Å². The van der Waals surface area contributed by atoms with Crippen molar-refractivity contribution in [3.63, 3.8) is 0 Å². The van der Waals surface area contributed by atoms with E-state index in [-0.39, 0.29) is 5.91 Å². The zero-order chi connectivity index (χ0) is 23.4. The monoisotopic (exact) mass is 470 g/mol. The molecule has 4 rings (SSSR count). The molecule has 1 aliphatic heterocycles. The zero-order valence-electron chi connectivity index (χ0n) is 19.8. The number of hydrogen-bond acceptors (Lipinski definition) is 7. The molecule has 178 valence electrons. The van der Waals surface area contributed by atoms with E-state index in [1.807, 2.05) is 19.1 Å². The van der Waals surface area contributed by atoms with E-state index in [1.165, 1.54) is 18.2 Å². The van der Waals surface area contributed by atoms with Crippen molar-refractivity contribution in [2.45, 2.75) is 81.8 Å². The third kappa shape index (κ3) is 5.55. The molecule has 2 aromatic rings. The Hall–Kier alpha value is -2.47. The van der Waals surface area contributed by atoms with Gasteiger partial charge in [-0.25, -0.2) is 0 Å². The Balaban J connectivity index is 1.53. The average molecular weight is 471 g/mol. The van der Waals surface area contributed by atoms with Gasteiger partial charge in [-0.3, -0.25) is 9.36 Å². The number of anilines is 1. The molecule has 1 aliphatic carbocycles. The summed E-state index contributed by atoms with van der Waals surface area (Å²) in [7, 11) is 0. The molecule has 0 radical (unpaired) electrons. The molecule has 1 N–H and O–H groups in total. The van der Waals surface area contributed by atoms with Gasteiger partial charge in [0, 0.05) is 13.1 Å². The number of nitriles is 1. The van der Waals surface area contributed by atoms with Gasteiger partial charge >= 0.3 is 0 Å². The maximum atomic E-state index is 13.0. The van der Waals surface area contributed by atoms with Crippen LogP contribution in [-0.4, -0.2) is 44.6 Å². The normalized spacial score (nSPS) is 23.6. The average Bonchev–Trinajstić information content (AvgIpc) is 3.44. The summed E-state index contributed by atoms with van der Waals surface area (Å²) in [5, 5.41) is 22.1. The first-order valence-corrected chi connectivity index (χ1v) is 12.9. The zero-order valence-corrected chi connectivity index (χ0v) is 20.6. The van der Waals surface area contributed by atoms with Crippen molar-refractivity contribution in [2.75, 3.05) is 18.0 Å². The minimum Gasteiger partial charge on any atom is -0.467 e. The number of rotatable bonds is 7. The third-order valence-corrected chi connectivity index (χ3v) is 7.76. The molecule has 33 heavy (non-hydrogen) atoms. The van der Waals surface area contributed by atoms with Crippen molar-refractivity contribution in [2.24, 2.45) is 11.8 Å². The van der Waals surface area contributed by atoms with Gasteiger partial charge in [-0.1, -0.05) is 44.9 Å². The molecule has 2 aromatic heterocycles. The SMILES string of the molecule is CC1CC(C)CN(c2nnc(SC(C)C(=O)NC3(C#N)CCCCC3)n2Cc2ccco2)C1. The predicted octanol–water partition coefficient (Wildman–Crippen LogP) is 4.22. The Morgan fingerprint density at radius 1 is 1.30 bits per heavy atom. The van der Waals surface area contributed by atoms with E-state index in [4.69, 9.17) is 4.42 Å². The number of carbonyl (C=O) groups is 1. The first kappa shape index (κ1) is 23.7. The highest BCUT2D eigenvalue weighted by Gasteiger charge is 2.35. The fraction of sp³-hybridized carbons (Fsp3) is 0.667. The maximum absolute atomic E-state index is 13.0. The summed E-state index contributed by atoms with van der Waals surface area (Å²) >= 11 is 1.38. The number of aromatic nitrogens is 3. The highest BCUT2D eigenvalue weighted by Crippen LogP contribution is 2.32. The highest BCUT2D eigenvalue weighted by atomic mass is 32.2. The summed E-state index contributed by atoms with van der Waals surface area (Å²) in [4.78, 5) is 15.3. The van der Waals surface area contributed by atoms with Crippen LogP contribution in [0.1, 0.15) is 65.1 Å². The predicted molar refractivity (Wildman–Crippen MR) is 128 cm³/mol. The van der Waals surface area contributed by atoms with E-state index < -0.39 is 10.8 Å². The minimum atomic E-state index is -0.739. The smallest absolute Gasteiger partial charge is 0.234 e. The summed E-state index contributed by atoms with van der Waals surface area (Å²) in [5.41, 5.74) is -0.739. The standard InChI is InChI=1S/C24H34N6O2S/c1-17-12-18(2)14-29(13-17)22-27-28-23(30(22)15-20-8-7-11-32-20)33-19(3)21(31)26-24(16-25)9-5-4-6-10-24/h7-8,11,17-19H,4-6,9-10,12-15H2,1-3H3,(H,26,31). The summed E-state index contributed by atoms with van der Waals surface area (Å²) < 4.78 is 7.66. The van der Waals surface area contributed by atoms with Crippen LogP contribution in [0.25, 0.3) is 0 Å². The van der Waals surface area contributed by atoms with Crippen LogP contribution in [0.15, 0.2) is 28.0 Å². The molecule has 0 aromatic carbocycles. The van der Waals surface area contributed by atoms with Gasteiger partial charge in [0.05, 0.1) is 24.1 Å². The maximum Gasteiger partial charge on any atom is 0.234 e. The molecule has 9 heteroatoms. The van der Waals surface area contributed by atoms with Gasteiger partial charge in [0.25, 0.3) is 0 Å². The number of nitrogens with zero attached hydrogens (tertiary/aromatic N) is 5. The van der Waals surface area contributed by atoms with Gasteiger partial charge in [-0.2, -0.15) is 5.26 Å². The van der Waals surface area contributed by atoms with Gasteiger partial charge in [0.15, 0.2) is 5.16 Å². The molecule has 8 nitrogen and oxygen atoms in total. The lowest BCUT2D eigenvalue weighted by atomic mass is 9.83. The first-order chi connectivity index (χ1) is 15.9. The second kappa shape index (κ2) is 10.2. The van der Waals surface area contributed by atoms with Crippen LogP contribution in [-0.2, 0) is 11.3 Å². The van der Waals surface area contributed by atoms with E-state index in [2.05, 4.69) is 44.9 Å². The van der Waals surface area contributed by atoms with Crippen LogP contribution < -0.4 is 10.2 Å². The summed E-state index contributed by atoms with van der Waals surface area (Å²) in [6, 6.07) is 6.18. The van der Waals surface area contributed by atoms with Crippen molar-refractivity contribution in [1.29, 1.82) is 5.26 Å². The minimum absolute atomic E-state index is 0.127. The van der Waals surface area contributed by atoms with Crippen molar-refractivity contribution < 1.29 is 9.21 Å². The Morgan fingerprint density at radius 2 is 2.03 bits per heavy atom. The lowest BCUT2D eigenvalue weighted by Crippen LogP contribution is -2.51. The van der Waals surface area contributed by atoms with E-state index >= 15 is 0 Å². The van der Waals surface area contributed by atoms with Crippen LogP contribution in [0, 0.1) is 23.2 Å². The summed E-state index contributed by atoms with van der Waals surface area (Å²) in [6.45, 7) is 8.79.